The van der Waals surface area contributed by atoms with Crippen molar-refractivity contribution in [3.8, 4) is 0 Å². The molecule has 0 bridgehead atoms. The number of benzene rings is 2. The highest BCUT2D eigenvalue weighted by molar-refractivity contribution is 5.94. The SMILES string of the molecule is Cc1cc(C(C)Nc2ccccc2C(=O)O)c2nc(C3CCN(C)CC3)n(C)c(=O)c2c1. The van der Waals surface area contributed by atoms with E-state index >= 15 is 0 Å². The summed E-state index contributed by atoms with van der Waals surface area (Å²) in [7, 11) is 3.93. The first-order valence-electron chi connectivity index (χ1n) is 11.0. The number of carboxylic acid groups (broad SMARTS) is 1. The number of hydrogen-bond donors (Lipinski definition) is 2. The van der Waals surface area contributed by atoms with E-state index in [0.717, 1.165) is 42.9 Å². The van der Waals surface area contributed by atoms with Crippen LogP contribution in [0.2, 0.25) is 0 Å². The van der Waals surface area contributed by atoms with Gasteiger partial charge in [-0.15, -0.1) is 0 Å². The quantitative estimate of drug-likeness (QED) is 0.633. The van der Waals surface area contributed by atoms with Crippen LogP contribution in [-0.2, 0) is 7.05 Å². The van der Waals surface area contributed by atoms with Crippen molar-refractivity contribution in [1.82, 2.24) is 14.5 Å². The highest BCUT2D eigenvalue weighted by Crippen LogP contribution is 2.30. The number of likely N-dealkylation sites (tertiary alicyclic amines) is 1. The highest BCUT2D eigenvalue weighted by Gasteiger charge is 2.24. The maximum Gasteiger partial charge on any atom is 0.337 e. The van der Waals surface area contributed by atoms with Crippen LogP contribution >= 0.6 is 0 Å². The maximum atomic E-state index is 13.3. The van der Waals surface area contributed by atoms with Gasteiger partial charge in [0.05, 0.1) is 22.5 Å². The monoisotopic (exact) mass is 434 g/mol. The molecule has 1 aliphatic heterocycles. The van der Waals surface area contributed by atoms with Crippen molar-refractivity contribution in [1.29, 1.82) is 0 Å². The van der Waals surface area contributed by atoms with Crippen LogP contribution in [0.25, 0.3) is 10.9 Å². The third kappa shape index (κ3) is 4.12. The molecule has 7 heteroatoms. The first-order chi connectivity index (χ1) is 15.3. The molecule has 32 heavy (non-hydrogen) atoms. The molecule has 2 heterocycles. The topological polar surface area (TPSA) is 87.5 Å². The van der Waals surface area contributed by atoms with Crippen LogP contribution in [0.5, 0.6) is 0 Å². The van der Waals surface area contributed by atoms with Gasteiger partial charge >= 0.3 is 5.97 Å². The molecule has 1 atom stereocenters. The standard InChI is InChI=1S/C25H30N4O3/c1-15-13-19(16(2)26-21-8-6-5-7-18(21)25(31)32)22-20(14-15)24(30)29(4)23(27-22)17-9-11-28(3)12-10-17/h5-8,13-14,16-17,26H,9-12H2,1-4H3,(H,31,32). The fourth-order valence-corrected chi connectivity index (χ4v) is 4.64. The number of carbonyl (C=O) groups is 1. The lowest BCUT2D eigenvalue weighted by Crippen LogP contribution is -2.33. The van der Waals surface area contributed by atoms with Crippen LogP contribution in [0.15, 0.2) is 41.2 Å². The molecule has 3 aromatic rings. The minimum atomic E-state index is -0.981. The normalized spacial score (nSPS) is 16.2. The number of hydrogen-bond acceptors (Lipinski definition) is 5. The van der Waals surface area contributed by atoms with Crippen LogP contribution in [0, 0.1) is 6.92 Å². The Morgan fingerprint density at radius 1 is 1.19 bits per heavy atom. The van der Waals surface area contributed by atoms with Gasteiger partial charge in [-0.1, -0.05) is 18.2 Å². The minimum absolute atomic E-state index is 0.0352. The van der Waals surface area contributed by atoms with Gasteiger partial charge in [-0.3, -0.25) is 9.36 Å². The minimum Gasteiger partial charge on any atom is -0.478 e. The Morgan fingerprint density at radius 3 is 2.56 bits per heavy atom. The molecule has 168 valence electrons. The summed E-state index contributed by atoms with van der Waals surface area (Å²) in [5.74, 6) is 0.100. The Balaban J connectivity index is 1.81. The Labute approximate surface area is 187 Å². The van der Waals surface area contributed by atoms with E-state index in [0.29, 0.717) is 16.6 Å². The van der Waals surface area contributed by atoms with E-state index in [1.165, 1.54) is 0 Å². The van der Waals surface area contributed by atoms with Crippen LogP contribution in [0.3, 0.4) is 0 Å². The zero-order valence-corrected chi connectivity index (χ0v) is 19.1. The fraction of sp³-hybridized carbons (Fsp3) is 0.400. The molecule has 1 aliphatic rings. The molecule has 4 rings (SSSR count). The molecule has 0 aliphatic carbocycles. The van der Waals surface area contributed by atoms with Gasteiger partial charge in [0.1, 0.15) is 5.82 Å². The molecule has 1 saturated heterocycles. The fourth-order valence-electron chi connectivity index (χ4n) is 4.64. The molecule has 1 aromatic heterocycles. The van der Waals surface area contributed by atoms with E-state index in [4.69, 9.17) is 4.98 Å². The molecule has 0 amide bonds. The largest absolute Gasteiger partial charge is 0.478 e. The molecule has 1 unspecified atom stereocenters. The number of aryl methyl sites for hydroxylation is 1. The second-order valence-electron chi connectivity index (χ2n) is 8.88. The summed E-state index contributed by atoms with van der Waals surface area (Å²) in [6.45, 7) is 5.92. The Hall–Kier alpha value is -3.19. The lowest BCUT2D eigenvalue weighted by Gasteiger charge is -2.29. The summed E-state index contributed by atoms with van der Waals surface area (Å²) in [6, 6.07) is 10.6. The van der Waals surface area contributed by atoms with Gasteiger partial charge < -0.3 is 15.3 Å². The Morgan fingerprint density at radius 2 is 1.88 bits per heavy atom. The molecular formula is C25H30N4O3. The van der Waals surface area contributed by atoms with Crippen molar-refractivity contribution >= 4 is 22.6 Å². The van der Waals surface area contributed by atoms with Crippen molar-refractivity contribution in [2.45, 2.75) is 38.6 Å². The number of para-hydroxylation sites is 1. The van der Waals surface area contributed by atoms with Crippen molar-refractivity contribution in [2.75, 3.05) is 25.5 Å². The van der Waals surface area contributed by atoms with Gasteiger partial charge in [-0.25, -0.2) is 9.78 Å². The molecule has 7 nitrogen and oxygen atoms in total. The number of nitrogens with one attached hydrogen (secondary N) is 1. The zero-order valence-electron chi connectivity index (χ0n) is 19.1. The summed E-state index contributed by atoms with van der Waals surface area (Å²) in [4.78, 5) is 32.3. The smallest absolute Gasteiger partial charge is 0.337 e. The molecule has 0 saturated carbocycles. The second-order valence-corrected chi connectivity index (χ2v) is 8.88. The van der Waals surface area contributed by atoms with Gasteiger partial charge in [0.2, 0.25) is 0 Å². The average molecular weight is 435 g/mol. The van der Waals surface area contributed by atoms with Crippen LogP contribution in [-0.4, -0.2) is 45.7 Å². The Kier molecular flexibility index (Phi) is 6.02. The number of aromatic carboxylic acids is 1. The number of rotatable bonds is 5. The molecule has 0 radical (unpaired) electrons. The second kappa shape index (κ2) is 8.74. The van der Waals surface area contributed by atoms with Gasteiger partial charge in [0, 0.05) is 24.2 Å². The summed E-state index contributed by atoms with van der Waals surface area (Å²) >= 11 is 0. The number of fused-ring (bicyclic) bond motifs is 1. The summed E-state index contributed by atoms with van der Waals surface area (Å²) in [5, 5.41) is 13.5. The maximum absolute atomic E-state index is 13.3. The first-order valence-corrected chi connectivity index (χ1v) is 11.0. The molecule has 0 spiro atoms. The van der Waals surface area contributed by atoms with Gasteiger partial charge in [0.25, 0.3) is 5.56 Å². The summed E-state index contributed by atoms with van der Waals surface area (Å²) < 4.78 is 1.71. The number of carboxylic acids is 1. The van der Waals surface area contributed by atoms with E-state index < -0.39 is 5.97 Å². The van der Waals surface area contributed by atoms with Gasteiger partial charge in [0.15, 0.2) is 0 Å². The van der Waals surface area contributed by atoms with E-state index in [2.05, 4.69) is 17.3 Å². The van der Waals surface area contributed by atoms with Crippen molar-refractivity contribution in [2.24, 2.45) is 7.05 Å². The predicted molar refractivity (Wildman–Crippen MR) is 127 cm³/mol. The van der Waals surface area contributed by atoms with Crippen molar-refractivity contribution in [3.05, 3.63) is 69.3 Å². The third-order valence-corrected chi connectivity index (χ3v) is 6.47. The van der Waals surface area contributed by atoms with E-state index in [-0.39, 0.29) is 23.1 Å². The van der Waals surface area contributed by atoms with Crippen molar-refractivity contribution < 1.29 is 9.90 Å². The number of nitrogens with zero attached hydrogens (tertiary/aromatic N) is 3. The lowest BCUT2D eigenvalue weighted by molar-refractivity contribution is 0.0698. The number of aromatic nitrogens is 2. The van der Waals surface area contributed by atoms with E-state index in [1.807, 2.05) is 39.1 Å². The number of piperidine rings is 1. The highest BCUT2D eigenvalue weighted by atomic mass is 16.4. The van der Waals surface area contributed by atoms with Gasteiger partial charge in [-0.2, -0.15) is 0 Å². The first kappa shape index (κ1) is 22.0. The number of anilines is 1. The molecule has 1 fully saturated rings. The lowest BCUT2D eigenvalue weighted by atomic mass is 9.95. The van der Waals surface area contributed by atoms with E-state index in [1.54, 1.807) is 22.8 Å². The summed E-state index contributed by atoms with van der Waals surface area (Å²) in [5.41, 5.74) is 3.28. The van der Waals surface area contributed by atoms with Gasteiger partial charge in [-0.05, 0) is 70.6 Å². The molecular weight excluding hydrogens is 404 g/mol. The zero-order chi connectivity index (χ0) is 23.0. The van der Waals surface area contributed by atoms with Crippen LogP contribution in [0.1, 0.15) is 59.0 Å². The third-order valence-electron chi connectivity index (χ3n) is 6.47. The predicted octanol–water partition coefficient (Wildman–Crippen LogP) is 3.92. The van der Waals surface area contributed by atoms with Crippen molar-refractivity contribution in [3.63, 3.8) is 0 Å². The Bertz CT molecular complexity index is 1230. The van der Waals surface area contributed by atoms with E-state index in [9.17, 15) is 14.7 Å². The molecule has 2 N–H and O–H groups in total. The van der Waals surface area contributed by atoms with Crippen LogP contribution < -0.4 is 10.9 Å². The van der Waals surface area contributed by atoms with Crippen LogP contribution in [0.4, 0.5) is 5.69 Å². The average Bonchev–Trinajstić information content (AvgIpc) is 2.77. The summed E-state index contributed by atoms with van der Waals surface area (Å²) in [6.07, 6.45) is 1.95. The molecule has 2 aromatic carbocycles.